The Bertz CT molecular complexity index is 883. The van der Waals surface area contributed by atoms with E-state index >= 15 is 0 Å². The summed E-state index contributed by atoms with van der Waals surface area (Å²) in [5.41, 5.74) is 5.69. The molecule has 2 amide bonds. The van der Waals surface area contributed by atoms with E-state index in [1.807, 2.05) is 0 Å². The predicted octanol–water partition coefficient (Wildman–Crippen LogP) is 4.02. The molecule has 1 fully saturated rings. The minimum Gasteiger partial charge on any atom is -0.328 e. The highest BCUT2D eigenvalue weighted by atomic mass is 19.4. The molecule has 0 aliphatic heterocycles. The third-order valence-corrected chi connectivity index (χ3v) is 4.68. The monoisotopic (exact) mass is 391 g/mol. The molecular weight excluding hydrogens is 371 g/mol. The summed E-state index contributed by atoms with van der Waals surface area (Å²) in [5, 5.41) is 5.34. The SMILES string of the molecule is NC1CCC(C(=O)Nc2cccc(NC(=O)c3cccc(C(F)(F)F)c3)c2)C1. The molecule has 0 heterocycles. The van der Waals surface area contributed by atoms with Gasteiger partial charge in [0.1, 0.15) is 0 Å². The highest BCUT2D eigenvalue weighted by molar-refractivity contribution is 6.04. The zero-order valence-corrected chi connectivity index (χ0v) is 14.9. The van der Waals surface area contributed by atoms with Gasteiger partial charge in [-0.05, 0) is 55.7 Å². The van der Waals surface area contributed by atoms with Crippen molar-refractivity contribution < 1.29 is 22.8 Å². The highest BCUT2D eigenvalue weighted by Crippen LogP contribution is 2.30. The summed E-state index contributed by atoms with van der Waals surface area (Å²) < 4.78 is 38.4. The summed E-state index contributed by atoms with van der Waals surface area (Å²) in [6, 6.07) is 10.7. The van der Waals surface area contributed by atoms with Crippen molar-refractivity contribution in [3.8, 4) is 0 Å². The van der Waals surface area contributed by atoms with Gasteiger partial charge in [-0.3, -0.25) is 9.59 Å². The minimum absolute atomic E-state index is 0.0360. The molecule has 1 aliphatic rings. The van der Waals surface area contributed by atoms with Crippen molar-refractivity contribution in [2.24, 2.45) is 11.7 Å². The lowest BCUT2D eigenvalue weighted by molar-refractivity contribution is -0.137. The number of rotatable bonds is 4. The normalized spacial score (nSPS) is 19.3. The van der Waals surface area contributed by atoms with E-state index in [0.717, 1.165) is 25.0 Å². The first kappa shape index (κ1) is 19.9. The molecule has 2 aromatic carbocycles. The zero-order chi connectivity index (χ0) is 20.3. The van der Waals surface area contributed by atoms with Crippen molar-refractivity contribution in [1.29, 1.82) is 0 Å². The van der Waals surface area contributed by atoms with E-state index in [4.69, 9.17) is 5.73 Å². The summed E-state index contributed by atoms with van der Waals surface area (Å²) in [5.74, 6) is -0.941. The molecule has 4 N–H and O–H groups in total. The number of halogens is 3. The molecule has 0 saturated heterocycles. The molecular formula is C20H20F3N3O2. The van der Waals surface area contributed by atoms with Gasteiger partial charge in [-0.2, -0.15) is 13.2 Å². The number of nitrogens with two attached hydrogens (primary N) is 1. The Balaban J connectivity index is 1.67. The number of benzene rings is 2. The number of hydrogen-bond acceptors (Lipinski definition) is 3. The quantitative estimate of drug-likeness (QED) is 0.736. The molecule has 28 heavy (non-hydrogen) atoms. The molecule has 148 valence electrons. The number of amides is 2. The van der Waals surface area contributed by atoms with Gasteiger partial charge in [0.05, 0.1) is 5.56 Å². The standard InChI is InChI=1S/C20H20F3N3O2/c21-20(22,23)14-4-1-3-12(9-14)18(27)25-16-5-2-6-17(11-16)26-19(28)13-7-8-15(24)10-13/h1-6,9,11,13,15H,7-8,10,24H2,(H,25,27)(H,26,28). The summed E-state index contributed by atoms with van der Waals surface area (Å²) in [4.78, 5) is 24.6. The summed E-state index contributed by atoms with van der Waals surface area (Å²) >= 11 is 0. The first-order valence-electron chi connectivity index (χ1n) is 8.87. The fourth-order valence-electron chi connectivity index (χ4n) is 3.21. The molecule has 0 spiro atoms. The minimum atomic E-state index is -4.52. The molecule has 1 saturated carbocycles. The average molecular weight is 391 g/mol. The van der Waals surface area contributed by atoms with Crippen LogP contribution in [-0.2, 0) is 11.0 Å². The van der Waals surface area contributed by atoms with Gasteiger partial charge in [-0.15, -0.1) is 0 Å². The number of carbonyl (C=O) groups excluding carboxylic acids is 2. The van der Waals surface area contributed by atoms with Gasteiger partial charge >= 0.3 is 6.18 Å². The largest absolute Gasteiger partial charge is 0.416 e. The number of anilines is 2. The van der Waals surface area contributed by atoms with Crippen LogP contribution in [0.4, 0.5) is 24.5 Å². The smallest absolute Gasteiger partial charge is 0.328 e. The van der Waals surface area contributed by atoms with Gasteiger partial charge in [-0.1, -0.05) is 12.1 Å². The van der Waals surface area contributed by atoms with Gasteiger partial charge < -0.3 is 16.4 Å². The zero-order valence-electron chi connectivity index (χ0n) is 14.9. The molecule has 0 aromatic heterocycles. The number of hydrogen-bond donors (Lipinski definition) is 3. The van der Waals surface area contributed by atoms with Gasteiger partial charge in [0.2, 0.25) is 5.91 Å². The molecule has 8 heteroatoms. The summed E-state index contributed by atoms with van der Waals surface area (Å²) in [6.45, 7) is 0. The van der Waals surface area contributed by atoms with Crippen LogP contribution in [0, 0.1) is 5.92 Å². The van der Waals surface area contributed by atoms with Crippen LogP contribution >= 0.6 is 0 Å². The lowest BCUT2D eigenvalue weighted by Crippen LogP contribution is -2.23. The molecule has 2 aromatic rings. The molecule has 0 radical (unpaired) electrons. The van der Waals surface area contributed by atoms with Gasteiger partial charge in [0, 0.05) is 28.9 Å². The Morgan fingerprint density at radius 2 is 1.64 bits per heavy atom. The first-order valence-corrected chi connectivity index (χ1v) is 8.87. The third-order valence-electron chi connectivity index (χ3n) is 4.68. The van der Waals surface area contributed by atoms with E-state index in [1.54, 1.807) is 24.3 Å². The van der Waals surface area contributed by atoms with E-state index < -0.39 is 17.6 Å². The third kappa shape index (κ3) is 4.89. The Labute approximate surface area is 160 Å². The fraction of sp³-hybridized carbons (Fsp3) is 0.300. The van der Waals surface area contributed by atoms with Crippen LogP contribution in [0.1, 0.15) is 35.2 Å². The van der Waals surface area contributed by atoms with Crippen LogP contribution in [0.3, 0.4) is 0 Å². The van der Waals surface area contributed by atoms with Gasteiger partial charge in [0.15, 0.2) is 0 Å². The van der Waals surface area contributed by atoms with E-state index in [-0.39, 0.29) is 23.4 Å². The number of nitrogens with one attached hydrogen (secondary N) is 2. The fourth-order valence-corrected chi connectivity index (χ4v) is 3.21. The van der Waals surface area contributed by atoms with E-state index in [1.165, 1.54) is 12.1 Å². The van der Waals surface area contributed by atoms with Crippen molar-refractivity contribution in [3.63, 3.8) is 0 Å². The first-order chi connectivity index (χ1) is 13.2. The molecule has 5 nitrogen and oxygen atoms in total. The maximum atomic E-state index is 12.8. The molecule has 3 rings (SSSR count). The Morgan fingerprint density at radius 3 is 2.29 bits per heavy atom. The number of carbonyl (C=O) groups is 2. The maximum absolute atomic E-state index is 12.8. The van der Waals surface area contributed by atoms with Crippen molar-refractivity contribution in [2.45, 2.75) is 31.5 Å². The van der Waals surface area contributed by atoms with Gasteiger partial charge in [0.25, 0.3) is 5.91 Å². The lowest BCUT2D eigenvalue weighted by atomic mass is 10.1. The van der Waals surface area contributed by atoms with E-state index in [2.05, 4.69) is 10.6 Å². The van der Waals surface area contributed by atoms with Crippen LogP contribution < -0.4 is 16.4 Å². The second-order valence-corrected chi connectivity index (χ2v) is 6.87. The van der Waals surface area contributed by atoms with Crippen molar-refractivity contribution >= 4 is 23.2 Å². The molecule has 2 unspecified atom stereocenters. The van der Waals surface area contributed by atoms with E-state index in [9.17, 15) is 22.8 Å². The Kier molecular flexibility index (Phi) is 5.69. The van der Waals surface area contributed by atoms with Crippen molar-refractivity contribution in [1.82, 2.24) is 0 Å². The van der Waals surface area contributed by atoms with Crippen LogP contribution in [-0.4, -0.2) is 17.9 Å². The topological polar surface area (TPSA) is 84.2 Å². The molecule has 1 aliphatic carbocycles. The summed E-state index contributed by atoms with van der Waals surface area (Å²) in [6.07, 6.45) is -2.34. The van der Waals surface area contributed by atoms with E-state index in [0.29, 0.717) is 17.8 Å². The van der Waals surface area contributed by atoms with Crippen LogP contribution in [0.25, 0.3) is 0 Å². The second kappa shape index (κ2) is 8.02. The van der Waals surface area contributed by atoms with Crippen LogP contribution in [0.5, 0.6) is 0 Å². The van der Waals surface area contributed by atoms with Crippen LogP contribution in [0.2, 0.25) is 0 Å². The number of alkyl halides is 3. The van der Waals surface area contributed by atoms with Crippen LogP contribution in [0.15, 0.2) is 48.5 Å². The summed E-state index contributed by atoms with van der Waals surface area (Å²) in [7, 11) is 0. The maximum Gasteiger partial charge on any atom is 0.416 e. The highest BCUT2D eigenvalue weighted by Gasteiger charge is 2.31. The Morgan fingerprint density at radius 1 is 0.964 bits per heavy atom. The Hall–Kier alpha value is -2.87. The van der Waals surface area contributed by atoms with Gasteiger partial charge in [-0.25, -0.2) is 0 Å². The van der Waals surface area contributed by atoms with Crippen molar-refractivity contribution in [3.05, 3.63) is 59.7 Å². The second-order valence-electron chi connectivity index (χ2n) is 6.87. The molecule has 0 bridgehead atoms. The molecule has 2 atom stereocenters. The predicted molar refractivity (Wildman–Crippen MR) is 99.8 cm³/mol. The average Bonchev–Trinajstić information content (AvgIpc) is 3.08. The van der Waals surface area contributed by atoms with Crippen molar-refractivity contribution in [2.75, 3.05) is 10.6 Å². The lowest BCUT2D eigenvalue weighted by Gasteiger charge is -2.13.